The fourth-order valence-electron chi connectivity index (χ4n) is 3.35. The minimum absolute atomic E-state index is 0.0624. The van der Waals surface area contributed by atoms with Crippen LogP contribution in [0, 0.1) is 5.92 Å². The standard InChI is InChI=1S/C21H24N2O2/c1-23(19-9-3-2-4-10-19)21(25)17-11-13-18(14-12-17)22-20(24)15-16-7-5-6-8-16/h2-4,9-14,16H,5-8,15H2,1H3,(H,22,24). The Labute approximate surface area is 148 Å². The predicted octanol–water partition coefficient (Wildman–Crippen LogP) is 4.48. The first-order chi connectivity index (χ1) is 12.1. The van der Waals surface area contributed by atoms with E-state index in [-0.39, 0.29) is 11.8 Å². The van der Waals surface area contributed by atoms with Crippen LogP contribution in [0.2, 0.25) is 0 Å². The van der Waals surface area contributed by atoms with Gasteiger partial charge in [0.05, 0.1) is 0 Å². The van der Waals surface area contributed by atoms with E-state index in [4.69, 9.17) is 0 Å². The molecule has 4 heteroatoms. The van der Waals surface area contributed by atoms with Crippen molar-refractivity contribution >= 4 is 23.2 Å². The van der Waals surface area contributed by atoms with E-state index in [2.05, 4.69) is 5.32 Å². The van der Waals surface area contributed by atoms with E-state index in [1.165, 1.54) is 12.8 Å². The summed E-state index contributed by atoms with van der Waals surface area (Å²) in [6, 6.07) is 16.6. The van der Waals surface area contributed by atoms with Crippen LogP contribution in [0.3, 0.4) is 0 Å². The molecule has 0 aliphatic heterocycles. The first kappa shape index (κ1) is 17.2. The van der Waals surface area contributed by atoms with Gasteiger partial charge in [0.15, 0.2) is 0 Å². The number of anilines is 2. The average Bonchev–Trinajstić information content (AvgIpc) is 3.14. The maximum atomic E-state index is 12.5. The zero-order valence-electron chi connectivity index (χ0n) is 14.6. The van der Waals surface area contributed by atoms with Crippen molar-refractivity contribution < 1.29 is 9.59 Å². The third-order valence-corrected chi connectivity index (χ3v) is 4.81. The molecule has 2 aromatic carbocycles. The van der Waals surface area contributed by atoms with Gasteiger partial charge in [-0.15, -0.1) is 0 Å². The van der Waals surface area contributed by atoms with Crippen molar-refractivity contribution in [1.29, 1.82) is 0 Å². The summed E-state index contributed by atoms with van der Waals surface area (Å²) < 4.78 is 0. The van der Waals surface area contributed by atoms with Crippen LogP contribution < -0.4 is 10.2 Å². The van der Waals surface area contributed by atoms with Crippen LogP contribution in [0.15, 0.2) is 54.6 Å². The molecule has 1 aliphatic carbocycles. The van der Waals surface area contributed by atoms with Crippen LogP contribution in [0.4, 0.5) is 11.4 Å². The van der Waals surface area contributed by atoms with Gasteiger partial charge in [-0.2, -0.15) is 0 Å². The normalized spacial score (nSPS) is 14.3. The fraction of sp³-hybridized carbons (Fsp3) is 0.333. The van der Waals surface area contributed by atoms with Gasteiger partial charge < -0.3 is 10.2 Å². The summed E-state index contributed by atoms with van der Waals surface area (Å²) in [6.45, 7) is 0. The molecule has 1 saturated carbocycles. The van der Waals surface area contributed by atoms with E-state index in [1.54, 1.807) is 36.2 Å². The highest BCUT2D eigenvalue weighted by Crippen LogP contribution is 2.27. The van der Waals surface area contributed by atoms with Gasteiger partial charge in [0, 0.05) is 30.4 Å². The first-order valence-electron chi connectivity index (χ1n) is 8.86. The maximum absolute atomic E-state index is 12.5. The molecule has 1 N–H and O–H groups in total. The molecule has 0 atom stereocenters. The van der Waals surface area contributed by atoms with Crippen molar-refractivity contribution in [2.75, 3.05) is 17.3 Å². The number of para-hydroxylation sites is 1. The van der Waals surface area contributed by atoms with E-state index in [0.29, 0.717) is 17.9 Å². The Balaban J connectivity index is 1.59. The van der Waals surface area contributed by atoms with Gasteiger partial charge in [-0.1, -0.05) is 31.0 Å². The zero-order chi connectivity index (χ0) is 17.6. The molecule has 25 heavy (non-hydrogen) atoms. The number of hydrogen-bond acceptors (Lipinski definition) is 2. The molecule has 130 valence electrons. The van der Waals surface area contributed by atoms with Crippen molar-refractivity contribution in [2.24, 2.45) is 5.92 Å². The number of amides is 2. The van der Waals surface area contributed by atoms with Crippen LogP contribution in [-0.4, -0.2) is 18.9 Å². The number of carbonyl (C=O) groups is 2. The van der Waals surface area contributed by atoms with E-state index < -0.39 is 0 Å². The van der Waals surface area contributed by atoms with Crippen LogP contribution in [0.25, 0.3) is 0 Å². The van der Waals surface area contributed by atoms with Crippen molar-refractivity contribution in [2.45, 2.75) is 32.1 Å². The summed E-state index contributed by atoms with van der Waals surface area (Å²) in [5.41, 5.74) is 2.18. The molecule has 3 rings (SSSR count). The Morgan fingerprint density at radius 3 is 2.28 bits per heavy atom. The smallest absolute Gasteiger partial charge is 0.258 e. The molecule has 0 spiro atoms. The summed E-state index contributed by atoms with van der Waals surface area (Å²) in [6.07, 6.45) is 5.39. The Hall–Kier alpha value is -2.62. The highest BCUT2D eigenvalue weighted by Gasteiger charge is 2.18. The van der Waals surface area contributed by atoms with Crippen LogP contribution >= 0.6 is 0 Å². The number of nitrogens with one attached hydrogen (secondary N) is 1. The number of rotatable bonds is 5. The lowest BCUT2D eigenvalue weighted by Gasteiger charge is -2.17. The Morgan fingerprint density at radius 2 is 1.64 bits per heavy atom. The molecular formula is C21H24N2O2. The van der Waals surface area contributed by atoms with Crippen molar-refractivity contribution in [3.8, 4) is 0 Å². The molecule has 1 fully saturated rings. The highest BCUT2D eigenvalue weighted by molar-refractivity contribution is 6.06. The molecule has 2 amide bonds. The SMILES string of the molecule is CN(C(=O)c1ccc(NC(=O)CC2CCCC2)cc1)c1ccccc1. The Bertz CT molecular complexity index is 719. The monoisotopic (exact) mass is 336 g/mol. The van der Waals surface area contributed by atoms with Crippen LogP contribution in [0.1, 0.15) is 42.5 Å². The van der Waals surface area contributed by atoms with E-state index in [0.717, 1.165) is 24.2 Å². The number of benzene rings is 2. The molecule has 0 radical (unpaired) electrons. The third kappa shape index (κ3) is 4.47. The topological polar surface area (TPSA) is 49.4 Å². The zero-order valence-corrected chi connectivity index (χ0v) is 14.6. The summed E-state index contributed by atoms with van der Waals surface area (Å²) in [7, 11) is 1.76. The number of carbonyl (C=O) groups excluding carboxylic acids is 2. The molecule has 0 bridgehead atoms. The minimum atomic E-state index is -0.0740. The molecule has 0 unspecified atom stereocenters. The number of hydrogen-bond donors (Lipinski definition) is 1. The van der Waals surface area contributed by atoms with Gasteiger partial charge >= 0.3 is 0 Å². The van der Waals surface area contributed by atoms with E-state index >= 15 is 0 Å². The van der Waals surface area contributed by atoms with Gasteiger partial charge in [-0.05, 0) is 55.2 Å². The molecular weight excluding hydrogens is 312 g/mol. The van der Waals surface area contributed by atoms with Gasteiger partial charge in [0.2, 0.25) is 5.91 Å². The molecule has 0 aromatic heterocycles. The summed E-state index contributed by atoms with van der Waals surface area (Å²) in [5, 5.41) is 2.93. The first-order valence-corrected chi connectivity index (χ1v) is 8.86. The minimum Gasteiger partial charge on any atom is -0.326 e. The van der Waals surface area contributed by atoms with Crippen molar-refractivity contribution in [1.82, 2.24) is 0 Å². The lowest BCUT2D eigenvalue weighted by molar-refractivity contribution is -0.117. The lowest BCUT2D eigenvalue weighted by Crippen LogP contribution is -2.26. The lowest BCUT2D eigenvalue weighted by atomic mass is 10.0. The quantitative estimate of drug-likeness (QED) is 0.875. The van der Waals surface area contributed by atoms with Crippen LogP contribution in [0.5, 0.6) is 0 Å². The van der Waals surface area contributed by atoms with Crippen molar-refractivity contribution in [3.05, 3.63) is 60.2 Å². The fourth-order valence-corrected chi connectivity index (χ4v) is 3.35. The van der Waals surface area contributed by atoms with Gasteiger partial charge in [0.1, 0.15) is 0 Å². The molecule has 0 heterocycles. The highest BCUT2D eigenvalue weighted by atomic mass is 16.2. The molecule has 0 saturated heterocycles. The third-order valence-electron chi connectivity index (χ3n) is 4.81. The predicted molar refractivity (Wildman–Crippen MR) is 101 cm³/mol. The van der Waals surface area contributed by atoms with E-state index in [1.807, 2.05) is 30.3 Å². The second kappa shape index (κ2) is 7.97. The Kier molecular flexibility index (Phi) is 5.49. The second-order valence-corrected chi connectivity index (χ2v) is 6.68. The summed E-state index contributed by atoms with van der Waals surface area (Å²) in [5.74, 6) is 0.516. The Morgan fingerprint density at radius 1 is 1.00 bits per heavy atom. The summed E-state index contributed by atoms with van der Waals surface area (Å²) >= 11 is 0. The van der Waals surface area contributed by atoms with Crippen molar-refractivity contribution in [3.63, 3.8) is 0 Å². The molecule has 1 aliphatic rings. The van der Waals surface area contributed by atoms with Gasteiger partial charge in [-0.3, -0.25) is 9.59 Å². The van der Waals surface area contributed by atoms with Gasteiger partial charge in [0.25, 0.3) is 5.91 Å². The maximum Gasteiger partial charge on any atom is 0.258 e. The molecule has 4 nitrogen and oxygen atoms in total. The largest absolute Gasteiger partial charge is 0.326 e. The van der Waals surface area contributed by atoms with Gasteiger partial charge in [-0.25, -0.2) is 0 Å². The summed E-state index contributed by atoms with van der Waals surface area (Å²) in [4.78, 5) is 26.3. The average molecular weight is 336 g/mol. The second-order valence-electron chi connectivity index (χ2n) is 6.68. The van der Waals surface area contributed by atoms with Crippen LogP contribution in [-0.2, 0) is 4.79 Å². The number of nitrogens with zero attached hydrogens (tertiary/aromatic N) is 1. The molecule has 2 aromatic rings. The van der Waals surface area contributed by atoms with E-state index in [9.17, 15) is 9.59 Å².